The van der Waals surface area contributed by atoms with Gasteiger partial charge < -0.3 is 14.0 Å². The first kappa shape index (κ1) is 18.4. The predicted molar refractivity (Wildman–Crippen MR) is 106 cm³/mol. The van der Waals surface area contributed by atoms with Gasteiger partial charge in [-0.25, -0.2) is 9.97 Å². The van der Waals surface area contributed by atoms with Gasteiger partial charge >= 0.3 is 0 Å². The van der Waals surface area contributed by atoms with Crippen molar-refractivity contribution < 1.29 is 9.47 Å². The summed E-state index contributed by atoms with van der Waals surface area (Å²) in [7, 11) is 3.67. The van der Waals surface area contributed by atoms with E-state index in [-0.39, 0.29) is 5.92 Å². The van der Waals surface area contributed by atoms with E-state index in [0.29, 0.717) is 17.4 Å². The Labute approximate surface area is 165 Å². The molecule has 7 heteroatoms. The van der Waals surface area contributed by atoms with E-state index in [1.165, 1.54) is 0 Å². The Hall–Kier alpha value is -2.93. The fourth-order valence-electron chi connectivity index (χ4n) is 3.67. The van der Waals surface area contributed by atoms with Crippen LogP contribution in [0.1, 0.15) is 30.3 Å². The smallest absolute Gasteiger partial charge is 0.241 e. The van der Waals surface area contributed by atoms with Crippen LogP contribution in [0.3, 0.4) is 0 Å². The van der Waals surface area contributed by atoms with Crippen molar-refractivity contribution in [1.29, 1.82) is 0 Å². The molecule has 3 aromatic rings. The van der Waals surface area contributed by atoms with Crippen molar-refractivity contribution in [1.82, 2.24) is 24.4 Å². The van der Waals surface area contributed by atoms with Gasteiger partial charge in [-0.3, -0.25) is 9.88 Å². The number of piperidine rings is 1. The highest BCUT2D eigenvalue weighted by molar-refractivity contribution is 5.42. The van der Waals surface area contributed by atoms with Gasteiger partial charge in [0.2, 0.25) is 5.88 Å². The Morgan fingerprint density at radius 2 is 1.89 bits per heavy atom. The Kier molecular flexibility index (Phi) is 5.53. The lowest BCUT2D eigenvalue weighted by Crippen LogP contribution is -2.35. The van der Waals surface area contributed by atoms with Crippen molar-refractivity contribution in [3.63, 3.8) is 0 Å². The summed E-state index contributed by atoms with van der Waals surface area (Å²) in [6.45, 7) is 2.81. The quantitative estimate of drug-likeness (QED) is 0.654. The topological polar surface area (TPSA) is 65.3 Å². The molecule has 2 aromatic heterocycles. The number of aromatic nitrogens is 4. The predicted octanol–water partition coefficient (Wildman–Crippen LogP) is 3.39. The molecule has 0 bridgehead atoms. The van der Waals surface area contributed by atoms with E-state index in [4.69, 9.17) is 9.47 Å². The van der Waals surface area contributed by atoms with E-state index in [2.05, 4.69) is 24.4 Å². The van der Waals surface area contributed by atoms with Crippen LogP contribution in [-0.4, -0.2) is 44.6 Å². The second-order valence-corrected chi connectivity index (χ2v) is 7.03. The van der Waals surface area contributed by atoms with Gasteiger partial charge in [-0.15, -0.1) is 0 Å². The number of likely N-dealkylation sites (tertiary alicyclic amines) is 1. The van der Waals surface area contributed by atoms with Crippen molar-refractivity contribution >= 4 is 0 Å². The summed E-state index contributed by atoms with van der Waals surface area (Å²) in [4.78, 5) is 16.0. The monoisotopic (exact) mass is 379 g/mol. The number of benzene rings is 1. The molecule has 146 valence electrons. The highest BCUT2D eigenvalue weighted by Crippen LogP contribution is 2.35. The average molecular weight is 379 g/mol. The second-order valence-electron chi connectivity index (χ2n) is 7.03. The molecule has 3 heterocycles. The number of imidazole rings is 1. The van der Waals surface area contributed by atoms with Gasteiger partial charge in [0.15, 0.2) is 11.5 Å². The summed E-state index contributed by atoms with van der Waals surface area (Å²) in [5.74, 6) is 3.22. The van der Waals surface area contributed by atoms with Crippen molar-refractivity contribution in [3.8, 4) is 17.4 Å². The zero-order valence-electron chi connectivity index (χ0n) is 16.3. The third-order valence-electron chi connectivity index (χ3n) is 5.15. The highest BCUT2D eigenvalue weighted by Gasteiger charge is 2.27. The number of hydrogen-bond donors (Lipinski definition) is 0. The number of rotatable bonds is 6. The first-order valence-electron chi connectivity index (χ1n) is 9.55. The summed E-state index contributed by atoms with van der Waals surface area (Å²) in [5.41, 5.74) is 0.901. The fraction of sp³-hybridized carbons (Fsp3) is 0.381. The van der Waals surface area contributed by atoms with Crippen LogP contribution < -0.4 is 9.47 Å². The summed E-state index contributed by atoms with van der Waals surface area (Å²) in [6, 6.07) is 7.59. The third-order valence-corrected chi connectivity index (χ3v) is 5.15. The molecule has 0 radical (unpaired) electrons. The number of ether oxygens (including phenoxy) is 2. The van der Waals surface area contributed by atoms with Crippen LogP contribution in [0.2, 0.25) is 0 Å². The van der Waals surface area contributed by atoms with E-state index in [1.54, 1.807) is 19.5 Å². The molecule has 7 nitrogen and oxygen atoms in total. The molecule has 1 saturated heterocycles. The van der Waals surface area contributed by atoms with E-state index in [1.807, 2.05) is 43.7 Å². The van der Waals surface area contributed by atoms with Crippen molar-refractivity contribution in [3.05, 3.63) is 60.6 Å². The molecule has 0 spiro atoms. The standard InChI is InChI=1S/C21H25N5O2/c1-25-13-11-22-19(25)15-26-12-5-6-16(14-26)20-21(24-10-9-23-20)28-18-8-4-3-7-17(18)27-2/h3-4,7-11,13,16H,5-6,12,14-15H2,1-2H3/t16-/m0/s1. The van der Waals surface area contributed by atoms with E-state index in [0.717, 1.165) is 44.0 Å². The van der Waals surface area contributed by atoms with Crippen LogP contribution in [0.5, 0.6) is 17.4 Å². The first-order chi connectivity index (χ1) is 13.7. The van der Waals surface area contributed by atoms with Crippen LogP contribution in [0.15, 0.2) is 49.1 Å². The zero-order chi connectivity index (χ0) is 19.3. The zero-order valence-corrected chi connectivity index (χ0v) is 16.3. The number of hydrogen-bond acceptors (Lipinski definition) is 6. The Balaban J connectivity index is 1.53. The molecular formula is C21H25N5O2. The SMILES string of the molecule is COc1ccccc1Oc1nccnc1[C@H]1CCCN(Cc2nccn2C)C1. The summed E-state index contributed by atoms with van der Waals surface area (Å²) in [6.07, 6.45) is 9.42. The number of methoxy groups -OCH3 is 1. The van der Waals surface area contributed by atoms with Gasteiger partial charge in [0, 0.05) is 44.3 Å². The summed E-state index contributed by atoms with van der Waals surface area (Å²) in [5, 5.41) is 0. The molecule has 4 rings (SSSR count). The third kappa shape index (κ3) is 3.99. The van der Waals surface area contributed by atoms with E-state index >= 15 is 0 Å². The molecule has 0 amide bonds. The van der Waals surface area contributed by atoms with E-state index in [9.17, 15) is 0 Å². The number of nitrogens with zero attached hydrogens (tertiary/aromatic N) is 5. The average Bonchev–Trinajstić information content (AvgIpc) is 3.13. The molecular weight excluding hydrogens is 354 g/mol. The molecule has 0 aliphatic carbocycles. The van der Waals surface area contributed by atoms with Gasteiger partial charge in [-0.2, -0.15) is 0 Å². The minimum absolute atomic E-state index is 0.271. The second kappa shape index (κ2) is 8.39. The van der Waals surface area contributed by atoms with Gasteiger partial charge in [-0.1, -0.05) is 12.1 Å². The van der Waals surface area contributed by atoms with Crippen molar-refractivity contribution in [2.45, 2.75) is 25.3 Å². The molecule has 1 fully saturated rings. The number of aryl methyl sites for hydroxylation is 1. The lowest BCUT2D eigenvalue weighted by atomic mass is 9.94. The van der Waals surface area contributed by atoms with Crippen LogP contribution in [-0.2, 0) is 13.6 Å². The normalized spacial score (nSPS) is 17.4. The Bertz CT molecular complexity index is 926. The molecule has 1 aliphatic heterocycles. The fourth-order valence-corrected chi connectivity index (χ4v) is 3.67. The Morgan fingerprint density at radius 3 is 2.68 bits per heavy atom. The van der Waals surface area contributed by atoms with Crippen LogP contribution >= 0.6 is 0 Å². The van der Waals surface area contributed by atoms with Crippen LogP contribution in [0.4, 0.5) is 0 Å². The molecule has 0 unspecified atom stereocenters. The minimum Gasteiger partial charge on any atom is -0.493 e. The molecule has 0 saturated carbocycles. The van der Waals surface area contributed by atoms with Crippen LogP contribution in [0.25, 0.3) is 0 Å². The van der Waals surface area contributed by atoms with Crippen molar-refractivity contribution in [2.75, 3.05) is 20.2 Å². The highest BCUT2D eigenvalue weighted by atomic mass is 16.5. The maximum absolute atomic E-state index is 6.11. The van der Waals surface area contributed by atoms with Gasteiger partial charge in [-0.05, 0) is 31.5 Å². The van der Waals surface area contributed by atoms with Crippen molar-refractivity contribution in [2.24, 2.45) is 7.05 Å². The van der Waals surface area contributed by atoms with Gasteiger partial charge in [0.05, 0.1) is 13.7 Å². The molecule has 1 aliphatic rings. The Morgan fingerprint density at radius 1 is 1.07 bits per heavy atom. The largest absolute Gasteiger partial charge is 0.493 e. The molecule has 1 atom stereocenters. The number of para-hydroxylation sites is 2. The van der Waals surface area contributed by atoms with Gasteiger partial charge in [0.1, 0.15) is 11.5 Å². The van der Waals surface area contributed by atoms with Gasteiger partial charge in [0.25, 0.3) is 0 Å². The van der Waals surface area contributed by atoms with Crippen LogP contribution in [0, 0.1) is 0 Å². The summed E-state index contributed by atoms with van der Waals surface area (Å²) >= 11 is 0. The first-order valence-corrected chi connectivity index (χ1v) is 9.55. The maximum atomic E-state index is 6.11. The molecule has 1 aromatic carbocycles. The molecule has 28 heavy (non-hydrogen) atoms. The maximum Gasteiger partial charge on any atom is 0.241 e. The lowest BCUT2D eigenvalue weighted by molar-refractivity contribution is 0.190. The lowest BCUT2D eigenvalue weighted by Gasteiger charge is -2.32. The molecule has 0 N–H and O–H groups in total. The van der Waals surface area contributed by atoms with E-state index < -0.39 is 0 Å². The summed E-state index contributed by atoms with van der Waals surface area (Å²) < 4.78 is 13.6. The minimum atomic E-state index is 0.271.